The summed E-state index contributed by atoms with van der Waals surface area (Å²) in [4.78, 5) is 0. The van der Waals surface area contributed by atoms with Crippen molar-refractivity contribution in [1.29, 1.82) is 0 Å². The first-order valence-corrected chi connectivity index (χ1v) is 3.19. The maximum atomic E-state index is 10.1. The van der Waals surface area contributed by atoms with Gasteiger partial charge in [0.2, 0.25) is 0 Å². The molecule has 0 aromatic heterocycles. The molecule has 54 valence electrons. The number of hydrogen-bond acceptors (Lipinski definition) is 3. The van der Waals surface area contributed by atoms with Gasteiger partial charge in [0, 0.05) is 0 Å². The largest absolute Gasteiger partial charge is 2.00 e. The molecular weight excluding hydrogens is 366 g/mol. The molecule has 0 aromatic rings. The molecule has 3 nitrogen and oxygen atoms in total. The zero-order valence-electron chi connectivity index (χ0n) is 5.71. The van der Waals surface area contributed by atoms with Crippen LogP contribution >= 0.6 is 0 Å². The van der Waals surface area contributed by atoms with Crippen molar-refractivity contribution in [2.45, 2.75) is 6.92 Å². The van der Waals surface area contributed by atoms with Gasteiger partial charge < -0.3 is 7.43 Å². The Morgan fingerprint density at radius 1 is 1.44 bits per heavy atom. The van der Waals surface area contributed by atoms with Crippen LogP contribution in [0.4, 0.5) is 0 Å². The third-order valence-electron chi connectivity index (χ3n) is 0.521. The summed E-state index contributed by atoms with van der Waals surface area (Å²) in [6.07, 6.45) is 0. The van der Waals surface area contributed by atoms with Crippen molar-refractivity contribution >= 4 is 10.1 Å². The quantitative estimate of drug-likeness (QED) is 0.524. The molecule has 0 saturated carbocycles. The van der Waals surface area contributed by atoms with E-state index in [0.717, 1.165) is 12.9 Å². The van der Waals surface area contributed by atoms with Gasteiger partial charge in [0.1, 0.15) is 10.1 Å². The van der Waals surface area contributed by atoms with Crippen LogP contribution in [0.2, 0.25) is 0 Å². The van der Waals surface area contributed by atoms with Crippen LogP contribution in [-0.4, -0.2) is 15.5 Å². The summed E-state index contributed by atoms with van der Waals surface area (Å²) < 4.78 is 24.2. The minimum atomic E-state index is -3.28. The Morgan fingerprint density at radius 3 is 1.78 bits per heavy atom. The summed E-state index contributed by atoms with van der Waals surface area (Å²) in [6, 6.07) is 0. The van der Waals surface area contributed by atoms with E-state index in [1.807, 2.05) is 0 Å². The van der Waals surface area contributed by atoms with E-state index in [2.05, 4.69) is 4.18 Å². The van der Waals surface area contributed by atoms with Crippen LogP contribution in [0.25, 0.3) is 0 Å². The van der Waals surface area contributed by atoms with Crippen molar-refractivity contribution in [3.05, 3.63) is 13.2 Å². The van der Waals surface area contributed by atoms with Crippen LogP contribution in [0, 0.1) is 44.3 Å². The Kier molecular flexibility index (Phi) is 13.0. The van der Waals surface area contributed by atoms with Gasteiger partial charge in [-0.25, -0.2) is 8.42 Å². The third kappa shape index (κ3) is 8.96. The van der Waals surface area contributed by atoms with Gasteiger partial charge in [0.05, 0.1) is 7.11 Å². The molecule has 0 heterocycles. The fraction of sp³-hybridized carbons (Fsp3) is 0.500. The molecule has 9 heavy (non-hydrogen) atoms. The standard InChI is InChI=1S/C3H7O3S.CH3.U/c1-3-7(4,5)6-2;;/h3H,1-2H3;1H3;/q2*-1;+2. The fourth-order valence-electron chi connectivity index (χ4n) is 0.0962. The second kappa shape index (κ2) is 7.07. The predicted molar refractivity (Wildman–Crippen MR) is 32.3 cm³/mol. The molecule has 0 atom stereocenters. The topological polar surface area (TPSA) is 43.4 Å². The van der Waals surface area contributed by atoms with Crippen molar-refractivity contribution in [3.63, 3.8) is 0 Å². The molecule has 0 aliphatic carbocycles. The minimum absolute atomic E-state index is 0. The SMILES string of the molecule is C[CH-]S(=O)(=O)OC.[CH3-].[U+2]. The van der Waals surface area contributed by atoms with Crippen LogP contribution < -0.4 is 0 Å². The van der Waals surface area contributed by atoms with Gasteiger partial charge in [0.25, 0.3) is 0 Å². The molecule has 0 aromatic carbocycles. The Balaban J connectivity index is -0.000000180. The third-order valence-corrected chi connectivity index (χ3v) is 1.56. The summed E-state index contributed by atoms with van der Waals surface area (Å²) >= 11 is 0. The minimum Gasteiger partial charge on any atom is -0.358 e. The summed E-state index contributed by atoms with van der Waals surface area (Å²) in [5, 5.41) is 0. The molecular formula is C4H10O3SU. The zero-order chi connectivity index (χ0) is 5.91. The van der Waals surface area contributed by atoms with E-state index in [1.165, 1.54) is 6.92 Å². The van der Waals surface area contributed by atoms with Crippen LogP contribution in [0.1, 0.15) is 6.92 Å². The van der Waals surface area contributed by atoms with E-state index in [-0.39, 0.29) is 38.5 Å². The smallest absolute Gasteiger partial charge is 0.358 e. The van der Waals surface area contributed by atoms with Gasteiger partial charge in [-0.2, -0.15) is 12.7 Å². The summed E-state index contributed by atoms with van der Waals surface area (Å²) in [5.74, 6) is 0.993. The normalized spacial score (nSPS) is 9.11. The molecule has 0 fully saturated rings. The molecule has 5 heteroatoms. The van der Waals surface area contributed by atoms with Gasteiger partial charge in [0.15, 0.2) is 0 Å². The summed E-state index contributed by atoms with van der Waals surface area (Å²) in [5.41, 5.74) is 0. The van der Waals surface area contributed by atoms with E-state index < -0.39 is 10.1 Å². The van der Waals surface area contributed by atoms with Crippen LogP contribution in [0.3, 0.4) is 0 Å². The van der Waals surface area contributed by atoms with E-state index in [0.29, 0.717) is 0 Å². The van der Waals surface area contributed by atoms with Crippen molar-refractivity contribution in [3.8, 4) is 0 Å². The average molecular weight is 376 g/mol. The first-order valence-electron chi connectivity index (χ1n) is 1.72. The fourth-order valence-corrected chi connectivity index (χ4v) is 0.289. The number of hydrogen-bond donors (Lipinski definition) is 0. The van der Waals surface area contributed by atoms with Gasteiger partial charge in [-0.1, -0.05) is 0 Å². The van der Waals surface area contributed by atoms with Crippen molar-refractivity contribution < 1.29 is 43.7 Å². The van der Waals surface area contributed by atoms with E-state index in [1.54, 1.807) is 0 Å². The molecule has 0 rings (SSSR count). The van der Waals surface area contributed by atoms with Crippen molar-refractivity contribution in [2.24, 2.45) is 0 Å². The molecule has 0 aliphatic rings. The van der Waals surface area contributed by atoms with Crippen LogP contribution in [-0.2, 0) is 14.3 Å². The van der Waals surface area contributed by atoms with E-state index in [4.69, 9.17) is 0 Å². The first kappa shape index (κ1) is 16.5. The van der Waals surface area contributed by atoms with E-state index in [9.17, 15) is 8.42 Å². The Labute approximate surface area is 80.7 Å². The summed E-state index contributed by atoms with van der Waals surface area (Å²) in [7, 11) is -2.16. The molecule has 0 saturated heterocycles. The van der Waals surface area contributed by atoms with Crippen molar-refractivity contribution in [1.82, 2.24) is 0 Å². The molecule has 0 N–H and O–H groups in total. The van der Waals surface area contributed by atoms with Crippen molar-refractivity contribution in [2.75, 3.05) is 7.11 Å². The Morgan fingerprint density at radius 2 is 1.78 bits per heavy atom. The molecule has 0 aliphatic heterocycles. The first-order chi connectivity index (χ1) is 3.12. The molecule has 0 bridgehead atoms. The molecule has 0 unspecified atom stereocenters. The van der Waals surface area contributed by atoms with Crippen LogP contribution in [0.15, 0.2) is 0 Å². The molecule has 0 amide bonds. The second-order valence-electron chi connectivity index (χ2n) is 0.895. The molecule has 0 radical (unpaired) electrons. The van der Waals surface area contributed by atoms with Gasteiger partial charge >= 0.3 is 31.1 Å². The Hall–Kier alpha value is 0.962. The molecule has 0 spiro atoms. The predicted octanol–water partition coefficient (Wildman–Crippen LogP) is 0.595. The second-order valence-corrected chi connectivity index (χ2v) is 2.69. The average Bonchev–Trinajstić information content (AvgIpc) is 1.68. The van der Waals surface area contributed by atoms with E-state index >= 15 is 0 Å². The summed E-state index contributed by atoms with van der Waals surface area (Å²) in [6.45, 7) is 1.40. The maximum absolute atomic E-state index is 10.1. The Bertz CT molecular complexity index is 119. The maximum Gasteiger partial charge on any atom is 2.00 e. The van der Waals surface area contributed by atoms with Crippen LogP contribution in [0.5, 0.6) is 0 Å². The van der Waals surface area contributed by atoms with Gasteiger partial charge in [-0.3, -0.25) is 4.18 Å². The monoisotopic (exact) mass is 376 g/mol. The van der Waals surface area contributed by atoms with Gasteiger partial charge in [-0.05, 0) is 0 Å². The number of rotatable bonds is 2. The zero-order valence-corrected chi connectivity index (χ0v) is 10.7. The van der Waals surface area contributed by atoms with Gasteiger partial charge in [-0.15, -0.1) is 0 Å².